The summed E-state index contributed by atoms with van der Waals surface area (Å²) < 4.78 is 0. The normalized spacial score (nSPS) is 11.3. The van der Waals surface area contributed by atoms with Crippen LogP contribution in [0.3, 0.4) is 0 Å². The molecule has 4 heteroatoms. The number of rotatable bonds is 6. The average molecular weight is 269 g/mol. The summed E-state index contributed by atoms with van der Waals surface area (Å²) in [5, 5.41) is 3.65. The Morgan fingerprint density at radius 1 is 1.33 bits per heavy atom. The molecule has 0 saturated carbocycles. The summed E-state index contributed by atoms with van der Waals surface area (Å²) in [6.45, 7) is 4.28. The van der Waals surface area contributed by atoms with E-state index in [0.717, 1.165) is 17.9 Å². The van der Waals surface area contributed by atoms with Crippen molar-refractivity contribution in [1.82, 2.24) is 5.32 Å². The quantitative estimate of drug-likeness (QED) is 0.833. The van der Waals surface area contributed by atoms with Crippen molar-refractivity contribution in [3.8, 4) is 0 Å². The predicted octanol–water partition coefficient (Wildman–Crippen LogP) is 2.52. The highest BCUT2D eigenvalue weighted by Gasteiger charge is 2.17. The van der Waals surface area contributed by atoms with Gasteiger partial charge in [-0.25, -0.2) is 0 Å². The van der Waals surface area contributed by atoms with E-state index in [9.17, 15) is 4.79 Å². The van der Waals surface area contributed by atoms with Gasteiger partial charge in [-0.1, -0.05) is 23.7 Å². The van der Waals surface area contributed by atoms with Crippen LogP contribution in [0.5, 0.6) is 0 Å². The number of nitrogens with two attached hydrogens (primary N) is 1. The van der Waals surface area contributed by atoms with E-state index in [4.69, 9.17) is 17.3 Å². The van der Waals surface area contributed by atoms with Crippen LogP contribution in [0.15, 0.2) is 24.3 Å². The van der Waals surface area contributed by atoms with Crippen molar-refractivity contribution in [2.24, 2.45) is 5.73 Å². The standard InChI is InChI=1S/C14H21ClN2O/c1-14(2,10-16)17-13(18)5-3-4-11-6-8-12(15)9-7-11/h6-9H,3-5,10,16H2,1-2H3,(H,17,18). The maximum Gasteiger partial charge on any atom is 0.220 e. The average Bonchev–Trinajstić information content (AvgIpc) is 2.31. The maximum atomic E-state index is 11.7. The van der Waals surface area contributed by atoms with Gasteiger partial charge in [-0.2, -0.15) is 0 Å². The van der Waals surface area contributed by atoms with Crippen molar-refractivity contribution in [3.05, 3.63) is 34.9 Å². The molecule has 3 N–H and O–H groups in total. The molecule has 18 heavy (non-hydrogen) atoms. The van der Waals surface area contributed by atoms with Crippen molar-refractivity contribution in [1.29, 1.82) is 0 Å². The van der Waals surface area contributed by atoms with Crippen LogP contribution in [0.25, 0.3) is 0 Å². The number of hydrogen-bond acceptors (Lipinski definition) is 2. The molecule has 1 aromatic rings. The number of aryl methyl sites for hydroxylation is 1. The van der Waals surface area contributed by atoms with E-state index in [-0.39, 0.29) is 11.4 Å². The molecule has 0 fully saturated rings. The molecule has 1 amide bonds. The highest BCUT2D eigenvalue weighted by Crippen LogP contribution is 2.11. The molecule has 0 radical (unpaired) electrons. The van der Waals surface area contributed by atoms with E-state index >= 15 is 0 Å². The molecule has 0 atom stereocenters. The lowest BCUT2D eigenvalue weighted by atomic mass is 10.0. The summed E-state index contributed by atoms with van der Waals surface area (Å²) >= 11 is 5.81. The monoisotopic (exact) mass is 268 g/mol. The minimum Gasteiger partial charge on any atom is -0.350 e. The summed E-state index contributed by atoms with van der Waals surface area (Å²) in [5.74, 6) is 0.0550. The number of halogens is 1. The Morgan fingerprint density at radius 3 is 2.50 bits per heavy atom. The number of benzene rings is 1. The number of hydrogen-bond donors (Lipinski definition) is 2. The number of carbonyl (C=O) groups excluding carboxylic acids is 1. The molecule has 0 aliphatic heterocycles. The molecule has 0 heterocycles. The Balaban J connectivity index is 2.29. The first-order chi connectivity index (χ1) is 8.43. The lowest BCUT2D eigenvalue weighted by molar-refractivity contribution is -0.122. The fourth-order valence-electron chi connectivity index (χ4n) is 1.60. The van der Waals surface area contributed by atoms with Crippen LogP contribution in [-0.4, -0.2) is 18.0 Å². The van der Waals surface area contributed by atoms with Crippen LogP contribution in [0.1, 0.15) is 32.3 Å². The Labute approximate surface area is 114 Å². The van der Waals surface area contributed by atoms with Gasteiger partial charge in [0.2, 0.25) is 5.91 Å². The maximum absolute atomic E-state index is 11.7. The molecule has 0 saturated heterocycles. The Hall–Kier alpha value is -1.06. The summed E-state index contributed by atoms with van der Waals surface area (Å²) in [5.41, 5.74) is 6.44. The van der Waals surface area contributed by atoms with Crippen LogP contribution >= 0.6 is 11.6 Å². The first-order valence-corrected chi connectivity index (χ1v) is 6.56. The topological polar surface area (TPSA) is 55.1 Å². The summed E-state index contributed by atoms with van der Waals surface area (Å²) in [6.07, 6.45) is 2.23. The third-order valence-electron chi connectivity index (χ3n) is 2.77. The summed E-state index contributed by atoms with van der Waals surface area (Å²) in [6, 6.07) is 7.72. The SMILES string of the molecule is CC(C)(CN)NC(=O)CCCc1ccc(Cl)cc1. The minimum absolute atomic E-state index is 0.0550. The minimum atomic E-state index is -0.322. The van der Waals surface area contributed by atoms with E-state index in [1.54, 1.807) is 0 Å². The van der Waals surface area contributed by atoms with Gasteiger partial charge in [0.25, 0.3) is 0 Å². The zero-order valence-electron chi connectivity index (χ0n) is 11.0. The summed E-state index contributed by atoms with van der Waals surface area (Å²) in [4.78, 5) is 11.7. The van der Waals surface area contributed by atoms with Crippen LogP contribution in [0.4, 0.5) is 0 Å². The molecule has 0 aliphatic carbocycles. The van der Waals surface area contributed by atoms with Gasteiger partial charge in [-0.05, 0) is 44.4 Å². The Bertz CT molecular complexity index is 387. The van der Waals surface area contributed by atoms with E-state index in [2.05, 4.69) is 5.32 Å². The fourth-order valence-corrected chi connectivity index (χ4v) is 1.72. The molecule has 0 unspecified atom stereocenters. The first-order valence-electron chi connectivity index (χ1n) is 6.18. The third kappa shape index (κ3) is 5.52. The molecular weight excluding hydrogens is 248 g/mol. The number of nitrogens with one attached hydrogen (secondary N) is 1. The van der Waals surface area contributed by atoms with Gasteiger partial charge in [-0.15, -0.1) is 0 Å². The lowest BCUT2D eigenvalue weighted by Crippen LogP contribution is -2.48. The Kier molecular flexibility index (Phi) is 5.63. The summed E-state index contributed by atoms with van der Waals surface area (Å²) in [7, 11) is 0. The molecule has 0 bridgehead atoms. The van der Waals surface area contributed by atoms with Crippen molar-refractivity contribution in [3.63, 3.8) is 0 Å². The highest BCUT2D eigenvalue weighted by molar-refractivity contribution is 6.30. The van der Waals surface area contributed by atoms with Gasteiger partial charge in [0.15, 0.2) is 0 Å². The molecule has 0 spiro atoms. The van der Waals surface area contributed by atoms with E-state index < -0.39 is 0 Å². The number of amides is 1. The largest absolute Gasteiger partial charge is 0.350 e. The lowest BCUT2D eigenvalue weighted by Gasteiger charge is -2.24. The number of carbonyl (C=O) groups is 1. The van der Waals surface area contributed by atoms with Crippen LogP contribution < -0.4 is 11.1 Å². The van der Waals surface area contributed by atoms with Crippen molar-refractivity contribution in [2.75, 3.05) is 6.54 Å². The van der Waals surface area contributed by atoms with Gasteiger partial charge >= 0.3 is 0 Å². The van der Waals surface area contributed by atoms with Crippen LogP contribution in [-0.2, 0) is 11.2 Å². The second-order valence-corrected chi connectivity index (χ2v) is 5.55. The molecule has 0 aromatic heterocycles. The zero-order valence-corrected chi connectivity index (χ0v) is 11.8. The van der Waals surface area contributed by atoms with Gasteiger partial charge in [-0.3, -0.25) is 4.79 Å². The smallest absolute Gasteiger partial charge is 0.220 e. The fraction of sp³-hybridized carbons (Fsp3) is 0.500. The Morgan fingerprint density at radius 2 is 1.94 bits per heavy atom. The van der Waals surface area contributed by atoms with Gasteiger partial charge in [0.1, 0.15) is 0 Å². The van der Waals surface area contributed by atoms with E-state index in [1.807, 2.05) is 38.1 Å². The van der Waals surface area contributed by atoms with E-state index in [1.165, 1.54) is 5.56 Å². The second kappa shape index (κ2) is 6.76. The molecule has 0 aliphatic rings. The van der Waals surface area contributed by atoms with Crippen LogP contribution in [0.2, 0.25) is 5.02 Å². The van der Waals surface area contributed by atoms with Crippen molar-refractivity contribution >= 4 is 17.5 Å². The van der Waals surface area contributed by atoms with E-state index in [0.29, 0.717) is 13.0 Å². The van der Waals surface area contributed by atoms with Gasteiger partial charge in [0.05, 0.1) is 0 Å². The zero-order chi connectivity index (χ0) is 13.6. The molecule has 1 rings (SSSR count). The second-order valence-electron chi connectivity index (χ2n) is 5.12. The first kappa shape index (κ1) is 15.0. The van der Waals surface area contributed by atoms with Crippen molar-refractivity contribution in [2.45, 2.75) is 38.6 Å². The highest BCUT2D eigenvalue weighted by atomic mass is 35.5. The third-order valence-corrected chi connectivity index (χ3v) is 3.02. The molecule has 3 nitrogen and oxygen atoms in total. The van der Waals surface area contributed by atoms with Gasteiger partial charge in [0, 0.05) is 23.5 Å². The van der Waals surface area contributed by atoms with Crippen LogP contribution in [0, 0.1) is 0 Å². The predicted molar refractivity (Wildman–Crippen MR) is 75.7 cm³/mol. The van der Waals surface area contributed by atoms with Gasteiger partial charge < -0.3 is 11.1 Å². The van der Waals surface area contributed by atoms with Crippen molar-refractivity contribution < 1.29 is 4.79 Å². The molecule has 100 valence electrons. The molecular formula is C14H21ClN2O. The molecule has 1 aromatic carbocycles.